The van der Waals surface area contributed by atoms with E-state index in [4.69, 9.17) is 28.4 Å². The normalized spacial score (nSPS) is 11.3. The van der Waals surface area contributed by atoms with Crippen LogP contribution in [-0.2, 0) is 58.7 Å². The van der Waals surface area contributed by atoms with E-state index in [0.29, 0.717) is 73.8 Å². The summed E-state index contributed by atoms with van der Waals surface area (Å²) in [6.45, 7) is 74.3. The van der Waals surface area contributed by atoms with Gasteiger partial charge in [0.2, 0.25) is 0 Å². The molecule has 5 aromatic rings. The average Bonchev–Trinajstić information content (AvgIpc) is 0.852. The Morgan fingerprint density at radius 1 is 0.533 bits per heavy atom. The van der Waals surface area contributed by atoms with Gasteiger partial charge in [-0.2, -0.15) is 0 Å². The zero-order chi connectivity index (χ0) is 82.5. The van der Waals surface area contributed by atoms with Gasteiger partial charge in [-0.05, 0) is 198 Å². The average molecular weight is 1480 g/mol. The van der Waals surface area contributed by atoms with Crippen LogP contribution >= 0.6 is 0 Å². The van der Waals surface area contributed by atoms with Crippen molar-refractivity contribution < 1.29 is 57.2 Å². The van der Waals surface area contributed by atoms with Gasteiger partial charge >= 0.3 is 30.0 Å². The Morgan fingerprint density at radius 2 is 0.981 bits per heavy atom. The van der Waals surface area contributed by atoms with Crippen LogP contribution in [0.3, 0.4) is 0 Å². The Labute approximate surface area is 644 Å². The summed E-state index contributed by atoms with van der Waals surface area (Å²) in [5, 5.41) is 0. The first-order valence-electron chi connectivity index (χ1n) is 36.0. The molecule has 1 aliphatic heterocycles. The molecule has 3 aromatic carbocycles. The molecule has 0 aliphatic carbocycles. The SMILES string of the molecule is C=C(C)C(=O)OC(C)(C)c1ccccc1.C=C(C)C(=O)OC1CCN(C(=O)OC(C)(C)C)CC1.C=C(C)C(=O)OCCN(C)C.C=C(C)C(=O)OCCN(CC)CC.C=CC(=O)CC(C)C.C=Cc1ccc(C(C)(C)C)cc1.C=Cc1ccc(OC(C)(C)C)cc1.C=Cc1ccccn1.C=Cc1ccncc1. The van der Waals surface area contributed by atoms with Crippen LogP contribution in [0, 0.1) is 5.92 Å². The van der Waals surface area contributed by atoms with Crippen LogP contribution in [0.1, 0.15) is 184 Å². The highest BCUT2D eigenvalue weighted by atomic mass is 16.6. The lowest BCUT2D eigenvalue weighted by molar-refractivity contribution is -0.152. The van der Waals surface area contributed by atoms with Gasteiger partial charge in [0.1, 0.15) is 41.9 Å². The second-order valence-electron chi connectivity index (χ2n) is 28.8. The van der Waals surface area contributed by atoms with Gasteiger partial charge in [0.15, 0.2) is 5.78 Å². The van der Waals surface area contributed by atoms with E-state index >= 15 is 0 Å². The van der Waals surface area contributed by atoms with Crippen molar-refractivity contribution in [3.8, 4) is 5.75 Å². The van der Waals surface area contributed by atoms with Gasteiger partial charge in [-0.3, -0.25) is 14.8 Å². The minimum absolute atomic E-state index is 0.129. The molecular formula is C90H131N5O12. The largest absolute Gasteiger partial charge is 0.488 e. The Hall–Kier alpha value is -9.84. The van der Waals surface area contributed by atoms with E-state index in [0.717, 1.165) is 54.3 Å². The van der Waals surface area contributed by atoms with Gasteiger partial charge in [0, 0.05) is 86.3 Å². The van der Waals surface area contributed by atoms with Crippen LogP contribution < -0.4 is 4.74 Å². The fraction of sp³-hybridized carbons (Fsp3) is 0.422. The summed E-state index contributed by atoms with van der Waals surface area (Å²) in [6.07, 6.45) is 15.3. The number of nitrogens with zero attached hydrogens (tertiary/aromatic N) is 5. The van der Waals surface area contributed by atoms with E-state index in [1.165, 1.54) is 17.2 Å². The maximum Gasteiger partial charge on any atom is 0.410 e. The summed E-state index contributed by atoms with van der Waals surface area (Å²) in [7, 11) is 3.85. The number of pyridine rings is 2. The molecule has 17 nitrogen and oxygen atoms in total. The molecule has 107 heavy (non-hydrogen) atoms. The lowest BCUT2D eigenvalue weighted by Gasteiger charge is -2.33. The van der Waals surface area contributed by atoms with E-state index in [2.05, 4.69) is 133 Å². The monoisotopic (exact) mass is 1470 g/mol. The molecule has 0 saturated carbocycles. The Morgan fingerprint density at radius 3 is 1.33 bits per heavy atom. The van der Waals surface area contributed by atoms with Crippen molar-refractivity contribution in [2.45, 2.75) is 179 Å². The molecule has 0 atom stereocenters. The number of allylic oxidation sites excluding steroid dienone is 1. The molecule has 0 N–H and O–H groups in total. The molecule has 6 rings (SSSR count). The number of aromatic nitrogens is 2. The van der Waals surface area contributed by atoms with Crippen LogP contribution in [0.15, 0.2) is 215 Å². The predicted octanol–water partition coefficient (Wildman–Crippen LogP) is 20.0. The van der Waals surface area contributed by atoms with Gasteiger partial charge in [0.25, 0.3) is 0 Å². The summed E-state index contributed by atoms with van der Waals surface area (Å²) < 4.78 is 31.4. The molecule has 17 heteroatoms. The number of hydrogen-bond donors (Lipinski definition) is 0. The second-order valence-corrected chi connectivity index (χ2v) is 28.8. The van der Waals surface area contributed by atoms with E-state index in [-0.39, 0.29) is 52.9 Å². The topological polar surface area (TPSA) is 193 Å². The standard InChI is InChI=1S/C14H23NO4.C13H16O2.C12H16O.C12H16.C10H19NO2.C8H15NO2.2C7H7N.C7H12O/c1-10(2)12(16)18-11-6-8-15(9-7-11)13(17)19-14(3,4)5;1-10(2)12(14)15-13(3,4)11-8-6-5-7-9-11;1-5-10-6-8-11(9-7-10)13-12(2,3)4;1-5-10-6-8-11(9-7-10)12(2,3)4;1-5-11(6-2)7-8-13-10(12)9(3)4;1-7(2)8(10)11-6-5-9(3)4;1-2-7-3-5-8-6-4-7;1-2-7-5-3-4-6-8-7;1-4-7(8)5-6(2)3/h11H,1,6-9H2,2-5H3;5-9H,1H2,2-4H3;5-9H,1H2,2-4H3;5-9H,1H2,2-4H3;3,5-8H2,1-2,4H3;1,5-6H2,2-4H3;2*2-6H,1H2;4,6H,1,5H2,2-3H3. The van der Waals surface area contributed by atoms with Crippen LogP contribution in [0.4, 0.5) is 4.79 Å². The second kappa shape index (κ2) is 55.6. The van der Waals surface area contributed by atoms with Crippen LogP contribution in [-0.4, -0.2) is 144 Å². The number of hydrogen-bond acceptors (Lipinski definition) is 16. The van der Waals surface area contributed by atoms with Gasteiger partial charge in [-0.15, -0.1) is 0 Å². The zero-order valence-corrected chi connectivity index (χ0v) is 68.9. The third-order valence-corrected chi connectivity index (χ3v) is 14.1. The lowest BCUT2D eigenvalue weighted by Crippen LogP contribution is -2.43. The fourth-order valence-corrected chi connectivity index (χ4v) is 7.95. The highest BCUT2D eigenvalue weighted by Gasteiger charge is 2.29. The number of ether oxygens (including phenoxy) is 6. The van der Waals surface area contributed by atoms with Crippen molar-refractivity contribution in [3.63, 3.8) is 0 Å². The van der Waals surface area contributed by atoms with Crippen molar-refractivity contribution >= 4 is 60.1 Å². The smallest absolute Gasteiger partial charge is 0.410 e. The maximum absolute atomic E-state index is 11.8. The molecule has 0 spiro atoms. The highest BCUT2D eigenvalue weighted by molar-refractivity contribution is 5.89. The Balaban J connectivity index is -0.00000115. The van der Waals surface area contributed by atoms with E-state index in [9.17, 15) is 28.8 Å². The first-order valence-corrected chi connectivity index (χ1v) is 36.0. The van der Waals surface area contributed by atoms with Crippen molar-refractivity contribution in [2.75, 3.05) is 66.6 Å². The highest BCUT2D eigenvalue weighted by Crippen LogP contribution is 2.26. The Bertz CT molecular complexity index is 3410. The number of ketones is 1. The Kier molecular flexibility index (Phi) is 52.6. The summed E-state index contributed by atoms with van der Waals surface area (Å²) in [5.41, 5.74) is 7.41. The molecule has 588 valence electrons. The number of piperidine rings is 1. The molecule has 0 bridgehead atoms. The molecular weight excluding hydrogens is 1340 g/mol. The van der Waals surface area contributed by atoms with Gasteiger partial charge in [-0.1, -0.05) is 199 Å². The molecule has 0 radical (unpaired) electrons. The molecule has 1 saturated heterocycles. The molecule has 1 amide bonds. The minimum atomic E-state index is -0.614. The summed E-state index contributed by atoms with van der Waals surface area (Å²) in [5.74, 6) is 0.164. The molecule has 1 fully saturated rings. The number of likely N-dealkylation sites (tertiary alicyclic amines) is 1. The van der Waals surface area contributed by atoms with E-state index in [1.54, 1.807) is 63.3 Å². The van der Waals surface area contributed by atoms with Gasteiger partial charge in [0.05, 0.1) is 5.69 Å². The summed E-state index contributed by atoms with van der Waals surface area (Å²) in [4.78, 5) is 80.5. The minimum Gasteiger partial charge on any atom is -0.488 e. The number of likely N-dealkylation sites (N-methyl/N-ethyl adjacent to an activating group) is 2. The van der Waals surface area contributed by atoms with Gasteiger partial charge < -0.3 is 43.1 Å². The first kappa shape index (κ1) is 101. The quantitative estimate of drug-likeness (QED) is 0.0340. The molecule has 2 aromatic heterocycles. The van der Waals surface area contributed by atoms with E-state index in [1.807, 2.05) is 185 Å². The third kappa shape index (κ3) is 54.4. The van der Waals surface area contributed by atoms with Crippen LogP contribution in [0.2, 0.25) is 0 Å². The van der Waals surface area contributed by atoms with E-state index < -0.39 is 11.2 Å². The fourth-order valence-electron chi connectivity index (χ4n) is 7.95. The predicted molar refractivity (Wildman–Crippen MR) is 445 cm³/mol. The number of amides is 1. The number of carbonyl (C=O) groups excluding carboxylic acids is 6. The number of rotatable bonds is 23. The zero-order valence-electron chi connectivity index (χ0n) is 68.9. The number of esters is 4. The molecule has 1 aliphatic rings. The third-order valence-electron chi connectivity index (χ3n) is 14.1. The van der Waals surface area contributed by atoms with Crippen LogP contribution in [0.5, 0.6) is 5.75 Å². The van der Waals surface area contributed by atoms with Crippen molar-refractivity contribution in [1.29, 1.82) is 0 Å². The van der Waals surface area contributed by atoms with Crippen molar-refractivity contribution in [2.24, 2.45) is 5.92 Å². The molecule has 3 heterocycles. The van der Waals surface area contributed by atoms with Crippen molar-refractivity contribution in [3.05, 3.63) is 249 Å². The summed E-state index contributed by atoms with van der Waals surface area (Å²) in [6, 6.07) is 35.6. The lowest BCUT2D eigenvalue weighted by atomic mass is 9.87. The summed E-state index contributed by atoms with van der Waals surface area (Å²) >= 11 is 0. The number of benzene rings is 3. The van der Waals surface area contributed by atoms with Crippen molar-refractivity contribution in [1.82, 2.24) is 24.7 Å². The first-order chi connectivity index (χ1) is 49.8. The van der Waals surface area contributed by atoms with Gasteiger partial charge in [-0.25, -0.2) is 24.0 Å². The number of carbonyl (C=O) groups is 6. The van der Waals surface area contributed by atoms with Crippen LogP contribution in [0.25, 0.3) is 24.3 Å². The maximum atomic E-state index is 11.8. The molecule has 0 unspecified atom stereocenters.